The monoisotopic (exact) mass is 239 g/mol. The third-order valence-corrected chi connectivity index (χ3v) is 3.49. The van der Waals surface area contributed by atoms with Crippen molar-refractivity contribution < 1.29 is 14.6 Å². The first-order valence-corrected chi connectivity index (χ1v) is 6.02. The second-order valence-electron chi connectivity index (χ2n) is 4.63. The Morgan fingerprint density at radius 3 is 2.94 bits per heavy atom. The summed E-state index contributed by atoms with van der Waals surface area (Å²) in [5, 5.41) is 22.0. The predicted octanol–water partition coefficient (Wildman–Crippen LogP) is 1.78. The van der Waals surface area contributed by atoms with Crippen LogP contribution in [0.15, 0.2) is 18.2 Å². The molecule has 0 heterocycles. The number of phenolic OH excluding ortho intramolecular Hbond substituents is 1. The summed E-state index contributed by atoms with van der Waals surface area (Å²) >= 11 is 0. The third-order valence-electron chi connectivity index (χ3n) is 3.49. The van der Waals surface area contributed by atoms with E-state index in [4.69, 9.17) is 0 Å². The molecular formula is C13H18FNO2. The van der Waals surface area contributed by atoms with E-state index in [1.54, 1.807) is 0 Å². The van der Waals surface area contributed by atoms with Gasteiger partial charge in [0.05, 0.1) is 0 Å². The minimum atomic E-state index is -0.343. The largest absolute Gasteiger partial charge is 0.508 e. The van der Waals surface area contributed by atoms with E-state index < -0.39 is 0 Å². The average Bonchev–Trinajstić information content (AvgIpc) is 2.77. The highest BCUT2D eigenvalue weighted by Gasteiger charge is 2.26. The molecule has 0 aromatic heterocycles. The van der Waals surface area contributed by atoms with Crippen molar-refractivity contribution in [1.29, 1.82) is 0 Å². The van der Waals surface area contributed by atoms with Crippen LogP contribution in [0.3, 0.4) is 0 Å². The summed E-state index contributed by atoms with van der Waals surface area (Å²) in [6.07, 6.45) is 3.17. The van der Waals surface area contributed by atoms with E-state index in [1.807, 2.05) is 0 Å². The zero-order valence-electron chi connectivity index (χ0n) is 9.69. The molecule has 0 aliphatic heterocycles. The van der Waals surface area contributed by atoms with Gasteiger partial charge in [-0.05, 0) is 37.0 Å². The van der Waals surface area contributed by atoms with Crippen molar-refractivity contribution in [2.45, 2.75) is 31.8 Å². The maximum atomic E-state index is 13.0. The molecule has 1 aliphatic rings. The summed E-state index contributed by atoms with van der Waals surface area (Å²) in [7, 11) is 0. The van der Waals surface area contributed by atoms with Gasteiger partial charge in [0.15, 0.2) is 0 Å². The highest BCUT2D eigenvalue weighted by Crippen LogP contribution is 2.26. The maximum absolute atomic E-state index is 13.0. The Morgan fingerprint density at radius 2 is 2.18 bits per heavy atom. The van der Waals surface area contributed by atoms with Crippen LogP contribution in [0.5, 0.6) is 5.75 Å². The molecule has 2 atom stereocenters. The van der Waals surface area contributed by atoms with Gasteiger partial charge in [-0.25, -0.2) is 4.39 Å². The minimum Gasteiger partial charge on any atom is -0.508 e. The minimum absolute atomic E-state index is 0.109. The van der Waals surface area contributed by atoms with Gasteiger partial charge in [0.1, 0.15) is 11.6 Å². The fourth-order valence-electron chi connectivity index (χ4n) is 2.46. The van der Waals surface area contributed by atoms with Crippen LogP contribution in [0.25, 0.3) is 0 Å². The number of nitrogens with one attached hydrogen (secondary N) is 1. The van der Waals surface area contributed by atoms with Crippen molar-refractivity contribution in [2.24, 2.45) is 5.92 Å². The molecule has 0 radical (unpaired) electrons. The summed E-state index contributed by atoms with van der Waals surface area (Å²) in [4.78, 5) is 0. The number of hydrogen-bond donors (Lipinski definition) is 3. The lowest BCUT2D eigenvalue weighted by Crippen LogP contribution is -2.33. The second kappa shape index (κ2) is 5.47. The molecule has 0 saturated heterocycles. The Labute approximate surface area is 100 Å². The van der Waals surface area contributed by atoms with E-state index in [-0.39, 0.29) is 30.1 Å². The molecule has 0 bridgehead atoms. The Morgan fingerprint density at radius 1 is 1.35 bits per heavy atom. The van der Waals surface area contributed by atoms with E-state index in [2.05, 4.69) is 5.32 Å². The summed E-state index contributed by atoms with van der Waals surface area (Å²) in [6, 6.07) is 4.21. The molecule has 17 heavy (non-hydrogen) atoms. The van der Waals surface area contributed by atoms with Gasteiger partial charge in [0.2, 0.25) is 0 Å². The van der Waals surface area contributed by atoms with Gasteiger partial charge in [-0.15, -0.1) is 0 Å². The highest BCUT2D eigenvalue weighted by molar-refractivity contribution is 5.32. The molecule has 1 aliphatic carbocycles. The maximum Gasteiger partial charge on any atom is 0.123 e. The van der Waals surface area contributed by atoms with E-state index >= 15 is 0 Å². The fourth-order valence-corrected chi connectivity index (χ4v) is 2.46. The first kappa shape index (κ1) is 12.3. The first-order chi connectivity index (χ1) is 8.20. The zero-order valence-corrected chi connectivity index (χ0v) is 9.69. The number of hydrogen-bond acceptors (Lipinski definition) is 3. The smallest absolute Gasteiger partial charge is 0.123 e. The van der Waals surface area contributed by atoms with Crippen LogP contribution >= 0.6 is 0 Å². The fraction of sp³-hybridized carbons (Fsp3) is 0.538. The molecule has 1 aromatic carbocycles. The standard InChI is InChI=1S/C13H18FNO2/c14-11-4-5-13(17)10(6-11)7-15-12-3-1-2-9(12)8-16/h4-6,9,12,15-17H,1-3,7-8H2. The highest BCUT2D eigenvalue weighted by atomic mass is 19.1. The van der Waals surface area contributed by atoms with Crippen LogP contribution in [0.1, 0.15) is 24.8 Å². The van der Waals surface area contributed by atoms with Crippen molar-refractivity contribution in [3.63, 3.8) is 0 Å². The third kappa shape index (κ3) is 2.96. The molecule has 1 saturated carbocycles. The van der Waals surface area contributed by atoms with Crippen LogP contribution in [-0.2, 0) is 6.54 Å². The summed E-state index contributed by atoms with van der Waals surface area (Å²) in [5.41, 5.74) is 0.564. The normalized spacial score (nSPS) is 24.1. The van der Waals surface area contributed by atoms with Gasteiger partial charge >= 0.3 is 0 Å². The van der Waals surface area contributed by atoms with Crippen molar-refractivity contribution in [3.05, 3.63) is 29.6 Å². The predicted molar refractivity (Wildman–Crippen MR) is 63.1 cm³/mol. The lowest BCUT2D eigenvalue weighted by molar-refractivity contribution is 0.205. The number of halogens is 1. The summed E-state index contributed by atoms with van der Waals surface area (Å²) < 4.78 is 13.0. The molecule has 3 N–H and O–H groups in total. The Balaban J connectivity index is 1.95. The van der Waals surface area contributed by atoms with Crippen LogP contribution in [0.4, 0.5) is 4.39 Å². The molecule has 0 amide bonds. The van der Waals surface area contributed by atoms with Crippen molar-refractivity contribution in [1.82, 2.24) is 5.32 Å². The van der Waals surface area contributed by atoms with Crippen molar-refractivity contribution in [2.75, 3.05) is 6.61 Å². The molecule has 94 valence electrons. The van der Waals surface area contributed by atoms with E-state index in [0.717, 1.165) is 19.3 Å². The summed E-state index contributed by atoms with van der Waals surface area (Å²) in [6.45, 7) is 0.623. The Hall–Kier alpha value is -1.13. The van der Waals surface area contributed by atoms with E-state index in [9.17, 15) is 14.6 Å². The molecule has 0 spiro atoms. The van der Waals surface area contributed by atoms with Gasteiger partial charge in [-0.2, -0.15) is 0 Å². The van der Waals surface area contributed by atoms with Crippen molar-refractivity contribution >= 4 is 0 Å². The second-order valence-corrected chi connectivity index (χ2v) is 4.63. The van der Waals surface area contributed by atoms with E-state index in [1.165, 1.54) is 18.2 Å². The quantitative estimate of drug-likeness (QED) is 0.750. The van der Waals surface area contributed by atoms with Gasteiger partial charge < -0.3 is 15.5 Å². The molecule has 1 fully saturated rings. The number of benzene rings is 1. The molecule has 4 heteroatoms. The number of aliphatic hydroxyl groups is 1. The lowest BCUT2D eigenvalue weighted by Gasteiger charge is -2.19. The van der Waals surface area contributed by atoms with E-state index in [0.29, 0.717) is 12.1 Å². The van der Waals surface area contributed by atoms with Gasteiger partial charge in [0, 0.05) is 24.8 Å². The number of phenols is 1. The summed E-state index contributed by atoms with van der Waals surface area (Å²) in [5.74, 6) is 0.0490. The first-order valence-electron chi connectivity index (χ1n) is 6.02. The molecule has 2 rings (SSSR count). The molecule has 3 nitrogen and oxygen atoms in total. The van der Waals surface area contributed by atoms with Crippen LogP contribution < -0.4 is 5.32 Å². The van der Waals surface area contributed by atoms with Gasteiger partial charge in [0.25, 0.3) is 0 Å². The van der Waals surface area contributed by atoms with Crippen LogP contribution in [0.2, 0.25) is 0 Å². The molecule has 1 aromatic rings. The van der Waals surface area contributed by atoms with Crippen LogP contribution in [0, 0.1) is 11.7 Å². The van der Waals surface area contributed by atoms with Gasteiger partial charge in [-0.3, -0.25) is 0 Å². The molecular weight excluding hydrogens is 221 g/mol. The number of aromatic hydroxyl groups is 1. The topological polar surface area (TPSA) is 52.5 Å². The number of aliphatic hydroxyl groups excluding tert-OH is 1. The molecule has 2 unspecified atom stereocenters. The van der Waals surface area contributed by atoms with Crippen molar-refractivity contribution in [3.8, 4) is 5.75 Å². The number of rotatable bonds is 4. The van der Waals surface area contributed by atoms with Gasteiger partial charge in [-0.1, -0.05) is 6.42 Å². The SMILES string of the molecule is OCC1CCCC1NCc1cc(F)ccc1O. The Bertz CT molecular complexity index is 384. The average molecular weight is 239 g/mol. The zero-order chi connectivity index (χ0) is 12.3. The van der Waals surface area contributed by atoms with Crippen LogP contribution in [-0.4, -0.2) is 22.9 Å². The lowest BCUT2D eigenvalue weighted by atomic mass is 10.0. The Kier molecular flexibility index (Phi) is 3.97.